The zero-order chi connectivity index (χ0) is 24.2. The summed E-state index contributed by atoms with van der Waals surface area (Å²) in [6, 6.07) is 13.3. The molecule has 0 fully saturated rings. The van der Waals surface area contributed by atoms with Crippen LogP contribution in [-0.2, 0) is 11.2 Å². The molecule has 0 aliphatic carbocycles. The average Bonchev–Trinajstić information content (AvgIpc) is 3.38. The number of H-pyrrole nitrogens is 1. The highest BCUT2D eigenvalue weighted by Gasteiger charge is 2.35. The molecule has 0 saturated carbocycles. The number of nitrogens with one attached hydrogen (secondary N) is 1. The number of imide groups is 1. The van der Waals surface area contributed by atoms with Gasteiger partial charge in [0.1, 0.15) is 5.82 Å². The van der Waals surface area contributed by atoms with E-state index >= 15 is 0 Å². The summed E-state index contributed by atoms with van der Waals surface area (Å²) in [4.78, 5) is 40.4. The fourth-order valence-corrected chi connectivity index (χ4v) is 4.08. The Labute approximate surface area is 197 Å². The molecule has 0 radical (unpaired) electrons. The number of aromatic amines is 1. The summed E-state index contributed by atoms with van der Waals surface area (Å²) in [7, 11) is 1.75. The highest BCUT2D eigenvalue weighted by Crippen LogP contribution is 2.24. The van der Waals surface area contributed by atoms with Crippen LogP contribution >= 0.6 is 0 Å². The molecule has 1 aliphatic rings. The van der Waals surface area contributed by atoms with Gasteiger partial charge >= 0.3 is 0 Å². The maximum atomic E-state index is 13.1. The molecule has 1 N–H and O–H groups in total. The molecule has 3 aromatic rings. The largest absolute Gasteiger partial charge is 0.346 e. The zero-order valence-electron chi connectivity index (χ0n) is 19.3. The van der Waals surface area contributed by atoms with Crippen molar-refractivity contribution in [3.63, 3.8) is 0 Å². The first-order valence-corrected chi connectivity index (χ1v) is 11.3. The van der Waals surface area contributed by atoms with Crippen LogP contribution < -0.4 is 0 Å². The van der Waals surface area contributed by atoms with E-state index in [0.717, 1.165) is 35.4 Å². The van der Waals surface area contributed by atoms with Gasteiger partial charge in [-0.05, 0) is 68.7 Å². The fourth-order valence-electron chi connectivity index (χ4n) is 4.08. The summed E-state index contributed by atoms with van der Waals surface area (Å²) in [6.45, 7) is 2.69. The van der Waals surface area contributed by atoms with E-state index in [9.17, 15) is 18.8 Å². The van der Waals surface area contributed by atoms with Crippen molar-refractivity contribution in [2.45, 2.75) is 32.6 Å². The molecule has 8 heteroatoms. The number of benzene rings is 2. The summed E-state index contributed by atoms with van der Waals surface area (Å²) >= 11 is 0. The molecule has 1 aliphatic heterocycles. The van der Waals surface area contributed by atoms with Crippen LogP contribution in [0.1, 0.15) is 51.2 Å². The molecular formula is C26H27FN4O3. The Morgan fingerprint density at radius 2 is 1.76 bits per heavy atom. The lowest BCUT2D eigenvalue weighted by Gasteiger charge is -2.18. The standard InChI is InChI=1S/C26H27FN4O3/c1-17-7-12-21-22(15-17)26(34)31(25(21)33)14-4-6-24(32)30(2)13-3-5-20-16-23(29-28-20)18-8-10-19(27)11-9-18/h7-12,15-16H,3-6,13-14H2,1-2H3,(H,28,29). The number of hydrogen-bond acceptors (Lipinski definition) is 4. The molecule has 7 nitrogen and oxygen atoms in total. The number of aromatic nitrogens is 2. The normalized spacial score (nSPS) is 12.9. The van der Waals surface area contributed by atoms with Gasteiger partial charge in [-0.15, -0.1) is 0 Å². The summed E-state index contributed by atoms with van der Waals surface area (Å²) in [5.41, 5.74) is 4.34. The number of aryl methyl sites for hydroxylation is 2. The molecule has 0 bridgehead atoms. The molecule has 0 spiro atoms. The molecule has 0 unspecified atom stereocenters. The fraction of sp³-hybridized carbons (Fsp3) is 0.308. The number of halogens is 1. The van der Waals surface area contributed by atoms with Crippen molar-refractivity contribution in [3.8, 4) is 11.3 Å². The zero-order valence-corrected chi connectivity index (χ0v) is 19.3. The summed E-state index contributed by atoms with van der Waals surface area (Å²) in [5.74, 6) is -0.889. The Kier molecular flexibility index (Phi) is 6.86. The van der Waals surface area contributed by atoms with Crippen LogP contribution in [0, 0.1) is 12.7 Å². The second-order valence-electron chi connectivity index (χ2n) is 8.62. The Morgan fingerprint density at radius 3 is 2.53 bits per heavy atom. The van der Waals surface area contributed by atoms with Gasteiger partial charge in [0.15, 0.2) is 0 Å². The van der Waals surface area contributed by atoms with Gasteiger partial charge in [-0.1, -0.05) is 11.6 Å². The maximum absolute atomic E-state index is 13.1. The first kappa shape index (κ1) is 23.4. The van der Waals surface area contributed by atoms with E-state index in [4.69, 9.17) is 0 Å². The van der Waals surface area contributed by atoms with Crippen molar-refractivity contribution in [2.75, 3.05) is 20.1 Å². The summed E-state index contributed by atoms with van der Waals surface area (Å²) in [6.07, 6.45) is 2.17. The topological polar surface area (TPSA) is 86.4 Å². The van der Waals surface area contributed by atoms with Crippen LogP contribution in [0.15, 0.2) is 48.5 Å². The van der Waals surface area contributed by atoms with E-state index in [1.54, 1.807) is 36.2 Å². The van der Waals surface area contributed by atoms with Crippen molar-refractivity contribution >= 4 is 17.7 Å². The number of carbonyl (C=O) groups is 3. The molecule has 1 aromatic heterocycles. The Balaban J connectivity index is 1.20. The summed E-state index contributed by atoms with van der Waals surface area (Å²) in [5, 5.41) is 7.26. The second-order valence-corrected chi connectivity index (χ2v) is 8.62. The number of carbonyl (C=O) groups excluding carboxylic acids is 3. The monoisotopic (exact) mass is 462 g/mol. The molecular weight excluding hydrogens is 435 g/mol. The molecule has 34 heavy (non-hydrogen) atoms. The van der Waals surface area contributed by atoms with Gasteiger partial charge in [0.25, 0.3) is 11.8 Å². The Bertz CT molecular complexity index is 1220. The van der Waals surface area contributed by atoms with Gasteiger partial charge in [0.05, 0.1) is 16.8 Å². The van der Waals surface area contributed by atoms with Gasteiger partial charge < -0.3 is 4.90 Å². The van der Waals surface area contributed by atoms with E-state index < -0.39 is 0 Å². The van der Waals surface area contributed by atoms with E-state index in [-0.39, 0.29) is 36.5 Å². The minimum atomic E-state index is -0.291. The van der Waals surface area contributed by atoms with Crippen molar-refractivity contribution < 1.29 is 18.8 Å². The van der Waals surface area contributed by atoms with Crippen molar-refractivity contribution in [1.29, 1.82) is 0 Å². The van der Waals surface area contributed by atoms with Gasteiger partial charge in [0.2, 0.25) is 5.91 Å². The Morgan fingerprint density at radius 1 is 1.03 bits per heavy atom. The highest BCUT2D eigenvalue weighted by molar-refractivity contribution is 6.21. The number of nitrogens with zero attached hydrogens (tertiary/aromatic N) is 3. The highest BCUT2D eigenvalue weighted by atomic mass is 19.1. The first-order chi connectivity index (χ1) is 16.3. The van der Waals surface area contributed by atoms with E-state index in [0.29, 0.717) is 24.1 Å². The quantitative estimate of drug-likeness (QED) is 0.487. The molecule has 176 valence electrons. The average molecular weight is 463 g/mol. The molecule has 2 aromatic carbocycles. The van der Waals surface area contributed by atoms with Crippen molar-refractivity contribution in [1.82, 2.24) is 20.0 Å². The number of hydrogen-bond donors (Lipinski definition) is 1. The van der Waals surface area contributed by atoms with Crippen LogP contribution in [0.25, 0.3) is 11.3 Å². The van der Waals surface area contributed by atoms with Crippen LogP contribution in [-0.4, -0.2) is 57.9 Å². The van der Waals surface area contributed by atoms with Gasteiger partial charge in [-0.25, -0.2) is 4.39 Å². The third-order valence-corrected chi connectivity index (χ3v) is 6.03. The van der Waals surface area contributed by atoms with E-state index in [1.165, 1.54) is 17.0 Å². The predicted molar refractivity (Wildman–Crippen MR) is 126 cm³/mol. The Hall–Kier alpha value is -3.81. The van der Waals surface area contributed by atoms with Gasteiger partial charge in [-0.2, -0.15) is 5.10 Å². The lowest BCUT2D eigenvalue weighted by molar-refractivity contribution is -0.130. The van der Waals surface area contributed by atoms with Crippen LogP contribution in [0.5, 0.6) is 0 Å². The predicted octanol–water partition coefficient (Wildman–Crippen LogP) is 3.99. The smallest absolute Gasteiger partial charge is 0.261 e. The molecule has 0 atom stereocenters. The lowest BCUT2D eigenvalue weighted by Crippen LogP contribution is -2.32. The maximum Gasteiger partial charge on any atom is 0.261 e. The van der Waals surface area contributed by atoms with Crippen LogP contribution in [0.3, 0.4) is 0 Å². The minimum Gasteiger partial charge on any atom is -0.346 e. The van der Waals surface area contributed by atoms with Crippen LogP contribution in [0.2, 0.25) is 0 Å². The van der Waals surface area contributed by atoms with E-state index in [2.05, 4.69) is 10.2 Å². The van der Waals surface area contributed by atoms with Crippen molar-refractivity contribution in [2.24, 2.45) is 0 Å². The lowest BCUT2D eigenvalue weighted by atomic mass is 10.1. The van der Waals surface area contributed by atoms with Crippen molar-refractivity contribution in [3.05, 3.63) is 76.7 Å². The molecule has 3 amide bonds. The molecule has 4 rings (SSSR count). The van der Waals surface area contributed by atoms with Crippen LogP contribution in [0.4, 0.5) is 4.39 Å². The third kappa shape index (κ3) is 5.06. The molecule has 0 saturated heterocycles. The number of amides is 3. The minimum absolute atomic E-state index is 0.0240. The van der Waals surface area contributed by atoms with Gasteiger partial charge in [0, 0.05) is 37.8 Å². The van der Waals surface area contributed by atoms with E-state index in [1.807, 2.05) is 19.1 Å². The SMILES string of the molecule is Cc1ccc2c(c1)C(=O)N(CCCC(=O)N(C)CCCc1cc(-c3ccc(F)cc3)n[nH]1)C2=O. The second kappa shape index (κ2) is 9.99. The number of fused-ring (bicyclic) bond motifs is 1. The summed E-state index contributed by atoms with van der Waals surface area (Å²) < 4.78 is 13.1. The molecule has 2 heterocycles. The third-order valence-electron chi connectivity index (χ3n) is 6.03. The first-order valence-electron chi connectivity index (χ1n) is 11.3. The number of rotatable bonds is 9. The van der Waals surface area contributed by atoms with Gasteiger partial charge in [-0.3, -0.25) is 24.4 Å².